The van der Waals surface area contributed by atoms with Gasteiger partial charge in [-0.1, -0.05) is 30.8 Å². The molecular weight excluding hydrogens is 449 g/mol. The maximum Gasteiger partial charge on any atom is 0.318 e. The fraction of sp³-hybridized carbons (Fsp3) is 0.231. The number of amides is 1. The van der Waals surface area contributed by atoms with E-state index in [2.05, 4.69) is 21.5 Å². The van der Waals surface area contributed by atoms with Crippen LogP contribution in [0.15, 0.2) is 55.3 Å². The Kier molecular flexibility index (Phi) is 5.68. The van der Waals surface area contributed by atoms with Crippen LogP contribution in [-0.2, 0) is 4.79 Å². The Morgan fingerprint density at radius 3 is 2.86 bits per heavy atom. The third kappa shape index (κ3) is 3.88. The number of carbonyl (C=O) groups is 1. The molecule has 0 bridgehead atoms. The van der Waals surface area contributed by atoms with Gasteiger partial charge in [-0.25, -0.2) is 4.39 Å². The van der Waals surface area contributed by atoms with E-state index in [4.69, 9.17) is 4.74 Å². The van der Waals surface area contributed by atoms with Gasteiger partial charge in [0.05, 0.1) is 12.5 Å². The molecule has 0 radical (unpaired) electrons. The van der Waals surface area contributed by atoms with Gasteiger partial charge >= 0.3 is 6.01 Å². The van der Waals surface area contributed by atoms with E-state index in [1.807, 2.05) is 36.2 Å². The van der Waals surface area contributed by atoms with Crippen LogP contribution in [0.2, 0.25) is 0 Å². The number of nitrogens with zero attached hydrogens (tertiary/aromatic N) is 5. The first-order chi connectivity index (χ1) is 16.9. The van der Waals surface area contributed by atoms with Crippen LogP contribution in [0, 0.1) is 5.82 Å². The van der Waals surface area contributed by atoms with Crippen LogP contribution >= 0.6 is 0 Å². The summed E-state index contributed by atoms with van der Waals surface area (Å²) in [5.74, 6) is -0.283. The number of benzene rings is 2. The highest BCUT2D eigenvalue weighted by Gasteiger charge is 2.30. The molecule has 0 spiro atoms. The first kappa shape index (κ1) is 22.5. The number of phenols is 1. The molecule has 178 valence electrons. The number of fused-ring (bicyclic) bond motifs is 2. The Morgan fingerprint density at radius 1 is 1.29 bits per heavy atom. The quantitative estimate of drug-likeness (QED) is 0.439. The average molecular weight is 474 g/mol. The number of methoxy groups -OCH3 is 1. The molecule has 5 rings (SSSR count). The number of ether oxygens (including phenoxy) is 1. The third-order valence-corrected chi connectivity index (χ3v) is 6.46. The first-order valence-electron chi connectivity index (χ1n) is 11.2. The second-order valence-electron chi connectivity index (χ2n) is 8.47. The normalized spacial score (nSPS) is 15.5. The molecule has 4 aromatic rings. The van der Waals surface area contributed by atoms with Gasteiger partial charge in [0.15, 0.2) is 5.82 Å². The van der Waals surface area contributed by atoms with Crippen molar-refractivity contribution in [1.82, 2.24) is 19.9 Å². The molecule has 8 nitrogen and oxygen atoms in total. The lowest BCUT2D eigenvalue weighted by Crippen LogP contribution is -2.36. The lowest BCUT2D eigenvalue weighted by molar-refractivity contribution is -0.125. The van der Waals surface area contributed by atoms with Gasteiger partial charge in [0.25, 0.3) is 0 Å². The van der Waals surface area contributed by atoms with Crippen molar-refractivity contribution >= 4 is 33.4 Å². The van der Waals surface area contributed by atoms with Gasteiger partial charge in [-0.2, -0.15) is 9.97 Å². The largest absolute Gasteiger partial charge is 0.508 e. The summed E-state index contributed by atoms with van der Waals surface area (Å²) >= 11 is 0. The summed E-state index contributed by atoms with van der Waals surface area (Å²) in [6.45, 7) is 4.65. The van der Waals surface area contributed by atoms with Gasteiger partial charge in [-0.3, -0.25) is 9.78 Å². The van der Waals surface area contributed by atoms with Gasteiger partial charge in [-0.05, 0) is 35.4 Å². The van der Waals surface area contributed by atoms with Crippen molar-refractivity contribution in [2.45, 2.75) is 12.5 Å². The summed E-state index contributed by atoms with van der Waals surface area (Å²) in [5, 5.41) is 12.2. The predicted molar refractivity (Wildman–Crippen MR) is 132 cm³/mol. The van der Waals surface area contributed by atoms with Crippen LogP contribution in [0.5, 0.6) is 11.8 Å². The summed E-state index contributed by atoms with van der Waals surface area (Å²) in [5.41, 5.74) is 0.595. The SMILES string of the molecule is C=CC(=O)N1CCC(N(C)c2nc(OC)nc3c(F)c(-c4cc(O)cc5ccccc45)ncc23)C1. The maximum atomic E-state index is 16.0. The number of likely N-dealkylation sites (N-methyl/N-ethyl adjacent to an activating group) is 1. The summed E-state index contributed by atoms with van der Waals surface area (Å²) in [6, 6.07) is 10.5. The van der Waals surface area contributed by atoms with Crippen molar-refractivity contribution in [3.8, 4) is 23.0 Å². The molecule has 1 fully saturated rings. The van der Waals surface area contributed by atoms with Crippen molar-refractivity contribution < 1.29 is 19.0 Å². The molecule has 1 aliphatic heterocycles. The highest BCUT2D eigenvalue weighted by molar-refractivity contribution is 6.00. The Hall–Kier alpha value is -4.27. The number of likely N-dealkylation sites (tertiary alicyclic amines) is 1. The van der Waals surface area contributed by atoms with Crippen LogP contribution in [-0.4, -0.2) is 64.2 Å². The smallest absolute Gasteiger partial charge is 0.318 e. The summed E-state index contributed by atoms with van der Waals surface area (Å²) in [4.78, 5) is 28.9. The molecule has 0 saturated carbocycles. The number of hydrogen-bond acceptors (Lipinski definition) is 7. The minimum Gasteiger partial charge on any atom is -0.508 e. The molecule has 3 heterocycles. The molecular formula is C26H24FN5O3. The molecule has 2 aromatic heterocycles. The van der Waals surface area contributed by atoms with Gasteiger partial charge in [0.1, 0.15) is 22.8 Å². The summed E-state index contributed by atoms with van der Waals surface area (Å²) < 4.78 is 21.3. The Morgan fingerprint density at radius 2 is 2.09 bits per heavy atom. The van der Waals surface area contributed by atoms with Crippen molar-refractivity contribution in [2.75, 3.05) is 32.1 Å². The number of carbonyl (C=O) groups excluding carboxylic acids is 1. The topological polar surface area (TPSA) is 91.7 Å². The fourth-order valence-electron chi connectivity index (χ4n) is 4.62. The lowest BCUT2D eigenvalue weighted by atomic mass is 10.0. The van der Waals surface area contributed by atoms with Crippen molar-refractivity contribution in [2.24, 2.45) is 0 Å². The second-order valence-corrected chi connectivity index (χ2v) is 8.47. The molecule has 0 aliphatic carbocycles. The Balaban J connectivity index is 1.64. The average Bonchev–Trinajstić information content (AvgIpc) is 3.37. The molecule has 35 heavy (non-hydrogen) atoms. The van der Waals surface area contributed by atoms with Gasteiger partial charge in [0, 0.05) is 37.9 Å². The van der Waals surface area contributed by atoms with Crippen LogP contribution < -0.4 is 9.64 Å². The van der Waals surface area contributed by atoms with Crippen LogP contribution in [0.4, 0.5) is 10.2 Å². The molecule has 1 N–H and O–H groups in total. The molecule has 2 aromatic carbocycles. The lowest BCUT2D eigenvalue weighted by Gasteiger charge is -2.27. The Bertz CT molecular complexity index is 1470. The van der Waals surface area contributed by atoms with E-state index in [1.54, 1.807) is 17.2 Å². The van der Waals surface area contributed by atoms with E-state index < -0.39 is 5.82 Å². The number of halogens is 1. The highest BCUT2D eigenvalue weighted by atomic mass is 19.1. The van der Waals surface area contributed by atoms with E-state index in [-0.39, 0.29) is 34.9 Å². The highest BCUT2D eigenvalue weighted by Crippen LogP contribution is 2.37. The number of phenolic OH excluding ortho intramolecular Hbond substituents is 1. The summed E-state index contributed by atoms with van der Waals surface area (Å²) in [7, 11) is 3.27. The number of aromatic hydroxyl groups is 1. The number of anilines is 1. The van der Waals surface area contributed by atoms with E-state index in [0.717, 1.165) is 17.2 Å². The van der Waals surface area contributed by atoms with Crippen LogP contribution in [0.25, 0.3) is 32.9 Å². The number of hydrogen-bond donors (Lipinski definition) is 1. The minimum atomic E-state index is -0.636. The van der Waals surface area contributed by atoms with Gasteiger partial charge in [0.2, 0.25) is 5.91 Å². The molecule has 9 heteroatoms. The third-order valence-electron chi connectivity index (χ3n) is 6.46. The van der Waals surface area contributed by atoms with Crippen molar-refractivity contribution in [3.63, 3.8) is 0 Å². The Labute approximate surface area is 201 Å². The monoisotopic (exact) mass is 473 g/mol. The van der Waals surface area contributed by atoms with E-state index in [9.17, 15) is 9.90 Å². The van der Waals surface area contributed by atoms with E-state index in [0.29, 0.717) is 29.9 Å². The molecule has 1 unspecified atom stereocenters. The van der Waals surface area contributed by atoms with Crippen LogP contribution in [0.1, 0.15) is 6.42 Å². The van der Waals surface area contributed by atoms with E-state index in [1.165, 1.54) is 19.3 Å². The van der Waals surface area contributed by atoms with Crippen molar-refractivity contribution in [3.05, 3.63) is 61.1 Å². The standard InChI is InChI=1S/C26H24FN5O3/c1-4-21(34)32-10-9-16(14-32)31(2)25-20-13-28-23(22(27)24(20)29-26(30-25)35-3)19-12-17(33)11-15-7-5-6-8-18(15)19/h4-8,11-13,16,33H,1,9-10,14H2,2-3H3. The van der Waals surface area contributed by atoms with Gasteiger partial charge < -0.3 is 19.6 Å². The molecule has 1 aliphatic rings. The van der Waals surface area contributed by atoms with Gasteiger partial charge in [-0.15, -0.1) is 0 Å². The predicted octanol–water partition coefficient (Wildman–Crippen LogP) is 3.92. The molecule has 1 atom stereocenters. The molecule has 1 amide bonds. The zero-order valence-electron chi connectivity index (χ0n) is 19.4. The first-order valence-corrected chi connectivity index (χ1v) is 11.2. The maximum absolute atomic E-state index is 16.0. The minimum absolute atomic E-state index is 0.0144. The zero-order chi connectivity index (χ0) is 24.7. The van der Waals surface area contributed by atoms with Crippen LogP contribution in [0.3, 0.4) is 0 Å². The number of pyridine rings is 1. The molecule has 1 saturated heterocycles. The number of rotatable bonds is 5. The second kappa shape index (κ2) is 8.83. The zero-order valence-corrected chi connectivity index (χ0v) is 19.4. The fourth-order valence-corrected chi connectivity index (χ4v) is 4.62. The summed E-state index contributed by atoms with van der Waals surface area (Å²) in [6.07, 6.45) is 3.57. The van der Waals surface area contributed by atoms with Crippen molar-refractivity contribution in [1.29, 1.82) is 0 Å². The van der Waals surface area contributed by atoms with E-state index >= 15 is 4.39 Å². The number of aromatic nitrogens is 3.